The van der Waals surface area contributed by atoms with Gasteiger partial charge in [0.25, 0.3) is 0 Å². The molecule has 0 N–H and O–H groups in total. The SMILES string of the molecule is CCC1(C(=O)Sc2ccnc3ccc(-c4ccc(F)cc4)cc23)CCC1. The topological polar surface area (TPSA) is 30.0 Å². The minimum absolute atomic E-state index is 0.144. The predicted octanol–water partition coefficient (Wildman–Crippen LogP) is 6.24. The molecule has 0 aliphatic heterocycles. The van der Waals surface area contributed by atoms with E-state index in [2.05, 4.69) is 11.9 Å². The van der Waals surface area contributed by atoms with Crippen molar-refractivity contribution in [2.75, 3.05) is 0 Å². The van der Waals surface area contributed by atoms with E-state index in [0.29, 0.717) is 0 Å². The van der Waals surface area contributed by atoms with Gasteiger partial charge in [-0.15, -0.1) is 0 Å². The van der Waals surface area contributed by atoms with Crippen LogP contribution in [0, 0.1) is 11.2 Å². The Kier molecular flexibility index (Phi) is 4.53. The van der Waals surface area contributed by atoms with Crippen molar-refractivity contribution in [2.45, 2.75) is 37.5 Å². The molecule has 0 bridgehead atoms. The number of pyridine rings is 1. The number of fused-ring (bicyclic) bond motifs is 1. The Balaban J connectivity index is 1.72. The van der Waals surface area contributed by atoms with Crippen LogP contribution in [0.5, 0.6) is 0 Å². The van der Waals surface area contributed by atoms with E-state index in [-0.39, 0.29) is 16.3 Å². The zero-order valence-electron chi connectivity index (χ0n) is 14.7. The van der Waals surface area contributed by atoms with Gasteiger partial charge in [-0.05, 0) is 60.7 Å². The van der Waals surface area contributed by atoms with Crippen molar-refractivity contribution < 1.29 is 9.18 Å². The second kappa shape index (κ2) is 6.84. The second-order valence-electron chi connectivity index (χ2n) is 6.92. The lowest BCUT2D eigenvalue weighted by Gasteiger charge is -2.39. The first-order valence-corrected chi connectivity index (χ1v) is 9.80. The van der Waals surface area contributed by atoms with E-state index in [0.717, 1.165) is 52.6 Å². The summed E-state index contributed by atoms with van der Waals surface area (Å²) in [5.41, 5.74) is 2.67. The van der Waals surface area contributed by atoms with Crippen LogP contribution in [-0.2, 0) is 4.79 Å². The monoisotopic (exact) mass is 365 g/mol. The van der Waals surface area contributed by atoms with Crippen LogP contribution in [0.25, 0.3) is 22.0 Å². The maximum absolute atomic E-state index is 13.2. The number of hydrogen-bond acceptors (Lipinski definition) is 3. The Hall–Kier alpha value is -2.20. The number of thioether (sulfide) groups is 1. The fraction of sp³-hybridized carbons (Fsp3) is 0.273. The highest BCUT2D eigenvalue weighted by Crippen LogP contribution is 2.49. The Morgan fingerprint density at radius 3 is 2.50 bits per heavy atom. The van der Waals surface area contributed by atoms with E-state index >= 15 is 0 Å². The second-order valence-corrected chi connectivity index (χ2v) is 7.94. The molecule has 3 aromatic rings. The fourth-order valence-electron chi connectivity index (χ4n) is 3.55. The van der Waals surface area contributed by atoms with Gasteiger partial charge in [0.2, 0.25) is 0 Å². The fourth-order valence-corrected chi connectivity index (χ4v) is 4.71. The molecule has 1 aliphatic rings. The molecule has 2 aromatic carbocycles. The predicted molar refractivity (Wildman–Crippen MR) is 105 cm³/mol. The van der Waals surface area contributed by atoms with Crippen LogP contribution in [0.1, 0.15) is 32.6 Å². The van der Waals surface area contributed by atoms with Crippen LogP contribution in [0.3, 0.4) is 0 Å². The van der Waals surface area contributed by atoms with Gasteiger partial charge in [-0.3, -0.25) is 9.78 Å². The van der Waals surface area contributed by atoms with Crippen molar-refractivity contribution in [3.05, 3.63) is 60.5 Å². The van der Waals surface area contributed by atoms with E-state index in [1.807, 2.05) is 24.3 Å². The average Bonchev–Trinajstić information content (AvgIpc) is 2.62. The number of carbonyl (C=O) groups is 1. The van der Waals surface area contributed by atoms with Gasteiger partial charge in [0, 0.05) is 21.9 Å². The molecule has 0 radical (unpaired) electrons. The maximum Gasteiger partial charge on any atom is 0.199 e. The van der Waals surface area contributed by atoms with Crippen molar-refractivity contribution in [3.63, 3.8) is 0 Å². The number of carbonyl (C=O) groups excluding carboxylic acids is 1. The molecule has 1 fully saturated rings. The van der Waals surface area contributed by atoms with Gasteiger partial charge in [0.05, 0.1) is 5.52 Å². The van der Waals surface area contributed by atoms with Crippen molar-refractivity contribution >= 4 is 27.8 Å². The van der Waals surface area contributed by atoms with Crippen LogP contribution in [-0.4, -0.2) is 10.1 Å². The number of aromatic nitrogens is 1. The minimum Gasteiger partial charge on any atom is -0.286 e. The minimum atomic E-state index is -0.247. The Bertz CT molecular complexity index is 958. The Morgan fingerprint density at radius 1 is 1.12 bits per heavy atom. The van der Waals surface area contributed by atoms with Gasteiger partial charge >= 0.3 is 0 Å². The van der Waals surface area contributed by atoms with Crippen LogP contribution in [0.15, 0.2) is 59.6 Å². The number of rotatable bonds is 4. The van der Waals surface area contributed by atoms with Crippen molar-refractivity contribution in [1.29, 1.82) is 0 Å². The summed E-state index contributed by atoms with van der Waals surface area (Å²) < 4.78 is 13.2. The summed E-state index contributed by atoms with van der Waals surface area (Å²) in [5, 5.41) is 1.24. The molecular weight excluding hydrogens is 345 g/mol. The van der Waals surface area contributed by atoms with E-state index in [1.165, 1.54) is 23.9 Å². The van der Waals surface area contributed by atoms with Gasteiger partial charge < -0.3 is 0 Å². The molecule has 0 saturated heterocycles. The molecular formula is C22H20FNOS. The van der Waals surface area contributed by atoms with Crippen LogP contribution in [0.4, 0.5) is 4.39 Å². The molecule has 1 aromatic heterocycles. The summed E-state index contributed by atoms with van der Waals surface area (Å²) in [4.78, 5) is 18.3. The number of benzene rings is 2. The van der Waals surface area contributed by atoms with Gasteiger partial charge in [0.1, 0.15) is 5.82 Å². The molecule has 4 rings (SSSR count). The summed E-state index contributed by atoms with van der Waals surface area (Å²) in [6.45, 7) is 2.11. The lowest BCUT2D eigenvalue weighted by atomic mass is 9.68. The van der Waals surface area contributed by atoms with Gasteiger partial charge in [-0.1, -0.05) is 43.3 Å². The first-order valence-electron chi connectivity index (χ1n) is 8.98. The van der Waals surface area contributed by atoms with E-state index in [4.69, 9.17) is 0 Å². The third-order valence-electron chi connectivity index (χ3n) is 5.50. The third kappa shape index (κ3) is 3.03. The molecule has 132 valence electrons. The van der Waals surface area contributed by atoms with Gasteiger partial charge in [-0.2, -0.15) is 0 Å². The zero-order valence-corrected chi connectivity index (χ0v) is 15.5. The number of nitrogens with zero attached hydrogens (tertiary/aromatic N) is 1. The molecule has 0 amide bonds. The largest absolute Gasteiger partial charge is 0.286 e. The normalized spacial score (nSPS) is 15.6. The highest BCUT2D eigenvalue weighted by atomic mass is 32.2. The maximum atomic E-state index is 13.2. The van der Waals surface area contributed by atoms with E-state index in [1.54, 1.807) is 18.3 Å². The Morgan fingerprint density at radius 2 is 1.85 bits per heavy atom. The highest BCUT2D eigenvalue weighted by molar-refractivity contribution is 8.14. The lowest BCUT2D eigenvalue weighted by molar-refractivity contribution is -0.124. The standard InChI is InChI=1S/C22H20FNOS/c1-2-22(11-3-12-22)21(25)26-20-10-13-24-19-9-6-16(14-18(19)20)15-4-7-17(23)8-5-15/h4-10,13-14H,2-3,11-12H2,1H3. The third-order valence-corrected chi connectivity index (χ3v) is 6.70. The summed E-state index contributed by atoms with van der Waals surface area (Å²) in [7, 11) is 0. The molecule has 1 heterocycles. The zero-order chi connectivity index (χ0) is 18.1. The Labute approximate surface area is 156 Å². The molecule has 0 atom stereocenters. The summed E-state index contributed by atoms with van der Waals surface area (Å²) in [5.74, 6) is -0.247. The summed E-state index contributed by atoms with van der Waals surface area (Å²) in [6.07, 6.45) is 5.81. The van der Waals surface area contributed by atoms with Crippen molar-refractivity contribution in [2.24, 2.45) is 5.41 Å². The number of hydrogen-bond donors (Lipinski definition) is 0. The van der Waals surface area contributed by atoms with Gasteiger partial charge in [0.15, 0.2) is 5.12 Å². The lowest BCUT2D eigenvalue weighted by Crippen LogP contribution is -2.35. The molecule has 0 spiro atoms. The first kappa shape index (κ1) is 17.2. The van der Waals surface area contributed by atoms with Gasteiger partial charge in [-0.25, -0.2) is 4.39 Å². The molecule has 2 nitrogen and oxygen atoms in total. The molecule has 0 unspecified atom stereocenters. The molecule has 26 heavy (non-hydrogen) atoms. The van der Waals surface area contributed by atoms with E-state index in [9.17, 15) is 9.18 Å². The molecule has 1 aliphatic carbocycles. The van der Waals surface area contributed by atoms with Crippen molar-refractivity contribution in [1.82, 2.24) is 4.98 Å². The van der Waals surface area contributed by atoms with Crippen LogP contribution >= 0.6 is 11.8 Å². The summed E-state index contributed by atoms with van der Waals surface area (Å²) in [6, 6.07) is 14.4. The van der Waals surface area contributed by atoms with Crippen LogP contribution < -0.4 is 0 Å². The van der Waals surface area contributed by atoms with Crippen molar-refractivity contribution in [3.8, 4) is 11.1 Å². The first-order chi connectivity index (χ1) is 12.6. The quantitative estimate of drug-likeness (QED) is 0.513. The smallest absolute Gasteiger partial charge is 0.199 e. The molecule has 1 saturated carbocycles. The molecule has 4 heteroatoms. The summed E-state index contributed by atoms with van der Waals surface area (Å²) >= 11 is 1.35. The number of halogens is 1. The average molecular weight is 365 g/mol. The van der Waals surface area contributed by atoms with Crippen LogP contribution in [0.2, 0.25) is 0 Å². The highest BCUT2D eigenvalue weighted by Gasteiger charge is 2.42. The van der Waals surface area contributed by atoms with E-state index < -0.39 is 0 Å².